The third kappa shape index (κ3) is 3.80. The third-order valence-electron chi connectivity index (χ3n) is 4.86. The van der Waals surface area contributed by atoms with E-state index in [0.29, 0.717) is 39.3 Å². The first kappa shape index (κ1) is 18.9. The first-order valence-electron chi connectivity index (χ1n) is 7.85. The Kier molecular flexibility index (Phi) is 5.59. The van der Waals surface area contributed by atoms with Crippen molar-refractivity contribution in [3.05, 3.63) is 0 Å². The highest BCUT2D eigenvalue weighted by molar-refractivity contribution is 7.86. The Bertz CT molecular complexity index is 538. The van der Waals surface area contributed by atoms with Crippen LogP contribution in [-0.4, -0.2) is 97.7 Å². The van der Waals surface area contributed by atoms with Gasteiger partial charge in [0.05, 0.1) is 5.54 Å². The van der Waals surface area contributed by atoms with Crippen molar-refractivity contribution in [3.63, 3.8) is 0 Å². The van der Waals surface area contributed by atoms with Crippen molar-refractivity contribution in [2.75, 3.05) is 59.4 Å². The van der Waals surface area contributed by atoms with E-state index in [4.69, 9.17) is 5.73 Å². The predicted octanol–water partition coefficient (Wildman–Crippen LogP) is -1.46. The summed E-state index contributed by atoms with van der Waals surface area (Å²) in [5.74, 6) is -0.0239. The molecule has 1 amide bonds. The normalized spacial score (nSPS) is 26.6. The summed E-state index contributed by atoms with van der Waals surface area (Å²) in [6, 6.07) is 0. The number of hydrogen-bond donors (Lipinski definition) is 1. The van der Waals surface area contributed by atoms with Crippen molar-refractivity contribution in [1.82, 2.24) is 18.4 Å². The van der Waals surface area contributed by atoms with Gasteiger partial charge in [-0.2, -0.15) is 17.0 Å². The number of hydrogen-bond acceptors (Lipinski definition) is 5. The average molecular weight is 368 g/mol. The Labute approximate surface area is 144 Å². The van der Waals surface area contributed by atoms with Gasteiger partial charge in [0.1, 0.15) is 0 Å². The maximum absolute atomic E-state index is 12.6. The third-order valence-corrected chi connectivity index (χ3v) is 6.89. The molecule has 8 nitrogen and oxygen atoms in total. The molecule has 10 heteroatoms. The van der Waals surface area contributed by atoms with Gasteiger partial charge in [-0.15, -0.1) is 12.4 Å². The zero-order valence-electron chi connectivity index (χ0n) is 13.5. The second kappa shape index (κ2) is 6.81. The van der Waals surface area contributed by atoms with Crippen LogP contribution in [0.15, 0.2) is 0 Å². The molecule has 134 valence electrons. The van der Waals surface area contributed by atoms with Gasteiger partial charge < -0.3 is 15.5 Å². The van der Waals surface area contributed by atoms with Crippen LogP contribution in [0.3, 0.4) is 0 Å². The fourth-order valence-electron chi connectivity index (χ4n) is 2.97. The lowest BCUT2D eigenvalue weighted by molar-refractivity contribution is -0.134. The number of carbonyl (C=O) groups is 1. The summed E-state index contributed by atoms with van der Waals surface area (Å²) in [6.45, 7) is 4.16. The molecular formula is C13H26ClN5O3S. The minimum atomic E-state index is -3.41. The molecule has 1 aliphatic carbocycles. The summed E-state index contributed by atoms with van der Waals surface area (Å²) >= 11 is 0. The zero-order chi connectivity index (χ0) is 16.0. The Morgan fingerprint density at radius 1 is 0.913 bits per heavy atom. The smallest absolute Gasteiger partial charge is 0.282 e. The van der Waals surface area contributed by atoms with Crippen LogP contribution in [0.1, 0.15) is 12.8 Å². The lowest BCUT2D eigenvalue weighted by Gasteiger charge is -2.39. The molecular weight excluding hydrogens is 342 g/mol. The van der Waals surface area contributed by atoms with Gasteiger partial charge in [-0.1, -0.05) is 0 Å². The van der Waals surface area contributed by atoms with Crippen LogP contribution in [0, 0.1) is 0 Å². The van der Waals surface area contributed by atoms with Crippen LogP contribution in [0.25, 0.3) is 0 Å². The van der Waals surface area contributed by atoms with E-state index in [1.807, 2.05) is 7.05 Å². The van der Waals surface area contributed by atoms with E-state index in [1.165, 1.54) is 4.31 Å². The molecule has 2 aliphatic heterocycles. The fraction of sp³-hybridized carbons (Fsp3) is 0.923. The maximum Gasteiger partial charge on any atom is 0.282 e. The summed E-state index contributed by atoms with van der Waals surface area (Å²) < 4.78 is 28.3. The van der Waals surface area contributed by atoms with Crippen LogP contribution < -0.4 is 5.73 Å². The van der Waals surface area contributed by atoms with Gasteiger partial charge >= 0.3 is 0 Å². The van der Waals surface area contributed by atoms with Crippen molar-refractivity contribution < 1.29 is 13.2 Å². The van der Waals surface area contributed by atoms with Gasteiger partial charge in [0, 0.05) is 52.4 Å². The van der Waals surface area contributed by atoms with Gasteiger partial charge in [-0.05, 0) is 19.9 Å². The minimum Gasteiger partial charge on any atom is -0.338 e. The molecule has 0 spiro atoms. The van der Waals surface area contributed by atoms with Crippen LogP contribution in [0.4, 0.5) is 0 Å². The van der Waals surface area contributed by atoms with Gasteiger partial charge in [-0.3, -0.25) is 4.79 Å². The van der Waals surface area contributed by atoms with E-state index in [0.717, 1.165) is 25.9 Å². The number of nitrogens with two attached hydrogens (primary N) is 1. The van der Waals surface area contributed by atoms with E-state index in [2.05, 4.69) is 4.90 Å². The molecule has 2 saturated heterocycles. The molecule has 0 aromatic rings. The number of piperazine rings is 2. The molecule has 0 aromatic heterocycles. The highest BCUT2D eigenvalue weighted by atomic mass is 35.5. The molecule has 0 radical (unpaired) electrons. The predicted molar refractivity (Wildman–Crippen MR) is 89.5 cm³/mol. The van der Waals surface area contributed by atoms with Gasteiger partial charge in [-0.25, -0.2) is 0 Å². The van der Waals surface area contributed by atoms with Crippen molar-refractivity contribution in [3.8, 4) is 0 Å². The maximum atomic E-state index is 12.6. The minimum absolute atomic E-state index is 0. The average Bonchev–Trinajstić information content (AvgIpc) is 3.26. The van der Waals surface area contributed by atoms with Gasteiger partial charge in [0.15, 0.2) is 0 Å². The highest BCUT2D eigenvalue weighted by Gasteiger charge is 2.49. The molecule has 3 fully saturated rings. The summed E-state index contributed by atoms with van der Waals surface area (Å²) in [5.41, 5.74) is 5.27. The van der Waals surface area contributed by atoms with Crippen molar-refractivity contribution in [2.45, 2.75) is 18.4 Å². The molecule has 0 bridgehead atoms. The highest BCUT2D eigenvalue weighted by Crippen LogP contribution is 2.34. The van der Waals surface area contributed by atoms with Crippen molar-refractivity contribution in [2.24, 2.45) is 5.73 Å². The Balaban J connectivity index is 0.00000192. The van der Waals surface area contributed by atoms with Crippen LogP contribution >= 0.6 is 12.4 Å². The summed E-state index contributed by atoms with van der Waals surface area (Å²) in [7, 11) is -1.41. The first-order valence-corrected chi connectivity index (χ1v) is 9.25. The Morgan fingerprint density at radius 2 is 1.35 bits per heavy atom. The second-order valence-corrected chi connectivity index (χ2v) is 8.49. The van der Waals surface area contributed by atoms with Gasteiger partial charge in [0.25, 0.3) is 10.2 Å². The SMILES string of the molecule is CN1CCN(S(=O)(=O)N2CCN(C(=O)C3(N)CC3)CC2)CC1.Cl. The zero-order valence-corrected chi connectivity index (χ0v) is 15.1. The number of carbonyl (C=O) groups excluding carboxylic acids is 1. The van der Waals surface area contributed by atoms with E-state index >= 15 is 0 Å². The second-order valence-electron chi connectivity index (χ2n) is 6.56. The largest absolute Gasteiger partial charge is 0.338 e. The Morgan fingerprint density at radius 3 is 1.78 bits per heavy atom. The van der Waals surface area contributed by atoms with E-state index in [1.54, 1.807) is 9.21 Å². The number of likely N-dealkylation sites (N-methyl/N-ethyl adjacent to an activating group) is 1. The topological polar surface area (TPSA) is 90.2 Å². The first-order chi connectivity index (χ1) is 10.3. The number of rotatable bonds is 3. The Hall–Kier alpha value is -0.450. The van der Waals surface area contributed by atoms with E-state index in [9.17, 15) is 13.2 Å². The lowest BCUT2D eigenvalue weighted by atomic mass is 10.2. The van der Waals surface area contributed by atoms with Crippen LogP contribution in [-0.2, 0) is 15.0 Å². The van der Waals surface area contributed by atoms with E-state index in [-0.39, 0.29) is 18.3 Å². The standard InChI is InChI=1S/C13H25N5O3S.ClH/c1-15-4-8-17(9-5-15)22(20,21)18-10-6-16(7-11-18)12(19)13(14)2-3-13;/h2-11,14H2,1H3;1H. The molecule has 2 heterocycles. The molecule has 1 saturated carbocycles. The summed E-state index contributed by atoms with van der Waals surface area (Å²) in [6.07, 6.45) is 1.48. The summed E-state index contributed by atoms with van der Waals surface area (Å²) in [5, 5.41) is 0. The molecule has 23 heavy (non-hydrogen) atoms. The lowest BCUT2D eigenvalue weighted by Crippen LogP contribution is -2.59. The van der Waals surface area contributed by atoms with Crippen molar-refractivity contribution in [1.29, 1.82) is 0 Å². The summed E-state index contributed by atoms with van der Waals surface area (Å²) in [4.78, 5) is 16.0. The molecule has 0 unspecified atom stereocenters. The number of nitrogens with zero attached hydrogens (tertiary/aromatic N) is 4. The molecule has 0 aromatic carbocycles. The van der Waals surface area contributed by atoms with Crippen molar-refractivity contribution >= 4 is 28.5 Å². The van der Waals surface area contributed by atoms with Crippen LogP contribution in [0.5, 0.6) is 0 Å². The fourth-order valence-corrected chi connectivity index (χ4v) is 4.54. The molecule has 2 N–H and O–H groups in total. The monoisotopic (exact) mass is 367 g/mol. The quantitative estimate of drug-likeness (QED) is 0.658. The van der Waals surface area contributed by atoms with E-state index < -0.39 is 15.7 Å². The molecule has 3 aliphatic rings. The van der Waals surface area contributed by atoms with Gasteiger partial charge in [0.2, 0.25) is 5.91 Å². The molecule has 3 rings (SSSR count). The number of amides is 1. The number of halogens is 1. The van der Waals surface area contributed by atoms with Crippen LogP contribution in [0.2, 0.25) is 0 Å². The molecule has 0 atom stereocenters.